The number of nitrogens with one attached hydrogen (secondary N) is 1. The first kappa shape index (κ1) is 25.2. The van der Waals surface area contributed by atoms with Crippen LogP contribution in [0.4, 0.5) is 11.4 Å². The van der Waals surface area contributed by atoms with E-state index in [4.69, 9.17) is 13.9 Å². The maximum absolute atomic E-state index is 12.2. The van der Waals surface area contributed by atoms with E-state index in [1.54, 1.807) is 42.5 Å². The number of ether oxygens (including phenoxy) is 2. The van der Waals surface area contributed by atoms with Crippen molar-refractivity contribution in [2.75, 3.05) is 18.5 Å². The van der Waals surface area contributed by atoms with Gasteiger partial charge in [0, 0.05) is 36.1 Å². The molecular formula is C28H24N2O7. The van der Waals surface area contributed by atoms with E-state index in [0.717, 1.165) is 16.5 Å². The Balaban J connectivity index is 1.22. The van der Waals surface area contributed by atoms with Crippen LogP contribution in [0, 0.1) is 17.0 Å². The van der Waals surface area contributed by atoms with Crippen molar-refractivity contribution >= 4 is 34.3 Å². The SMILES string of the molecule is Cc1cc(=O)oc2cc(OCCCOc3ccc(/C=C/C(=O)Nc4ccccc4[N+](=O)[O-])cc3)ccc12. The lowest BCUT2D eigenvalue weighted by atomic mass is 10.1. The minimum Gasteiger partial charge on any atom is -0.493 e. The molecule has 0 aliphatic carbocycles. The summed E-state index contributed by atoms with van der Waals surface area (Å²) < 4.78 is 16.7. The van der Waals surface area contributed by atoms with Gasteiger partial charge in [0.25, 0.3) is 5.69 Å². The number of para-hydroxylation sites is 2. The predicted octanol–water partition coefficient (Wildman–Crippen LogP) is 5.51. The molecule has 1 N–H and O–H groups in total. The number of fused-ring (bicyclic) bond motifs is 1. The second-order valence-electron chi connectivity index (χ2n) is 8.12. The fourth-order valence-electron chi connectivity index (χ4n) is 3.59. The van der Waals surface area contributed by atoms with Crippen LogP contribution in [0.15, 0.2) is 88.1 Å². The van der Waals surface area contributed by atoms with Crippen LogP contribution < -0.4 is 20.4 Å². The van der Waals surface area contributed by atoms with Gasteiger partial charge in [-0.2, -0.15) is 0 Å². The number of nitro groups is 1. The molecule has 0 aliphatic rings. The molecule has 3 aromatic carbocycles. The van der Waals surface area contributed by atoms with Gasteiger partial charge in [-0.3, -0.25) is 14.9 Å². The van der Waals surface area contributed by atoms with Crippen LogP contribution in [0.25, 0.3) is 17.0 Å². The second-order valence-corrected chi connectivity index (χ2v) is 8.12. The van der Waals surface area contributed by atoms with Crippen molar-refractivity contribution < 1.29 is 23.6 Å². The van der Waals surface area contributed by atoms with E-state index in [0.29, 0.717) is 36.7 Å². The van der Waals surface area contributed by atoms with Gasteiger partial charge in [0.05, 0.1) is 18.1 Å². The largest absolute Gasteiger partial charge is 0.493 e. The van der Waals surface area contributed by atoms with Crippen LogP contribution >= 0.6 is 0 Å². The average molecular weight is 501 g/mol. The number of carbonyl (C=O) groups is 1. The lowest BCUT2D eigenvalue weighted by Crippen LogP contribution is -2.09. The van der Waals surface area contributed by atoms with Crippen LogP contribution in [-0.4, -0.2) is 24.0 Å². The predicted molar refractivity (Wildman–Crippen MR) is 140 cm³/mol. The number of hydrogen-bond acceptors (Lipinski definition) is 7. The van der Waals surface area contributed by atoms with Gasteiger partial charge in [-0.05, 0) is 54.5 Å². The number of hydrogen-bond donors (Lipinski definition) is 1. The molecule has 1 aromatic heterocycles. The van der Waals surface area contributed by atoms with Crippen molar-refractivity contribution in [3.63, 3.8) is 0 Å². The molecule has 0 fully saturated rings. The summed E-state index contributed by atoms with van der Waals surface area (Å²) in [7, 11) is 0. The Morgan fingerprint density at radius 1 is 1.00 bits per heavy atom. The van der Waals surface area contributed by atoms with Crippen LogP contribution in [-0.2, 0) is 4.79 Å². The number of rotatable bonds is 10. The fourth-order valence-corrected chi connectivity index (χ4v) is 3.59. The van der Waals surface area contributed by atoms with E-state index in [1.165, 1.54) is 30.3 Å². The Kier molecular flexibility index (Phi) is 7.95. The third-order valence-corrected chi connectivity index (χ3v) is 5.41. The lowest BCUT2D eigenvalue weighted by molar-refractivity contribution is -0.383. The zero-order valence-electron chi connectivity index (χ0n) is 20.0. The molecule has 9 heteroatoms. The lowest BCUT2D eigenvalue weighted by Gasteiger charge is -2.09. The number of aryl methyl sites for hydroxylation is 1. The molecule has 0 atom stereocenters. The molecule has 9 nitrogen and oxygen atoms in total. The van der Waals surface area contributed by atoms with E-state index >= 15 is 0 Å². The van der Waals surface area contributed by atoms with Crippen LogP contribution in [0.2, 0.25) is 0 Å². The molecular weight excluding hydrogens is 476 g/mol. The number of benzene rings is 3. The summed E-state index contributed by atoms with van der Waals surface area (Å²) in [4.78, 5) is 34.2. The van der Waals surface area contributed by atoms with E-state index in [9.17, 15) is 19.7 Å². The Morgan fingerprint density at radius 2 is 1.70 bits per heavy atom. The van der Waals surface area contributed by atoms with Gasteiger partial charge in [-0.1, -0.05) is 24.3 Å². The molecule has 0 saturated heterocycles. The third-order valence-electron chi connectivity index (χ3n) is 5.41. The van der Waals surface area contributed by atoms with Gasteiger partial charge >= 0.3 is 5.63 Å². The minimum atomic E-state index is -0.547. The monoisotopic (exact) mass is 500 g/mol. The Bertz CT molecular complexity index is 1510. The maximum atomic E-state index is 12.2. The number of amides is 1. The van der Waals surface area contributed by atoms with Crippen molar-refractivity contribution in [1.29, 1.82) is 0 Å². The second kappa shape index (κ2) is 11.7. The number of anilines is 1. The first-order chi connectivity index (χ1) is 17.9. The molecule has 0 unspecified atom stereocenters. The topological polar surface area (TPSA) is 121 Å². The highest BCUT2D eigenvalue weighted by Gasteiger charge is 2.13. The smallest absolute Gasteiger partial charge is 0.336 e. The quantitative estimate of drug-likeness (QED) is 0.100. The summed E-state index contributed by atoms with van der Waals surface area (Å²) in [6.45, 7) is 2.73. The van der Waals surface area contributed by atoms with Gasteiger partial charge in [-0.25, -0.2) is 4.79 Å². The standard InChI is InChI=1S/C28H24N2O7/c1-19-17-28(32)37-26-18-22(12-13-23(19)26)36-16-4-15-35-21-10-7-20(8-11-21)9-14-27(31)29-24-5-2-3-6-25(24)30(33)34/h2-3,5-14,17-18H,4,15-16H2,1H3,(H,29,31)/b14-9+. The molecule has 4 rings (SSSR count). The highest BCUT2D eigenvalue weighted by molar-refractivity contribution is 6.03. The first-order valence-corrected chi connectivity index (χ1v) is 11.5. The normalized spacial score (nSPS) is 10.9. The first-order valence-electron chi connectivity index (χ1n) is 11.5. The van der Waals surface area contributed by atoms with Crippen molar-refractivity contribution in [2.24, 2.45) is 0 Å². The van der Waals surface area contributed by atoms with Gasteiger partial charge in [0.1, 0.15) is 22.8 Å². The molecule has 37 heavy (non-hydrogen) atoms. The van der Waals surface area contributed by atoms with Crippen molar-refractivity contribution in [1.82, 2.24) is 0 Å². The summed E-state index contributed by atoms with van der Waals surface area (Å²) >= 11 is 0. The number of nitrogens with zero attached hydrogens (tertiary/aromatic N) is 1. The van der Waals surface area contributed by atoms with Crippen molar-refractivity contribution in [2.45, 2.75) is 13.3 Å². The summed E-state index contributed by atoms with van der Waals surface area (Å²) in [6.07, 6.45) is 3.56. The van der Waals surface area contributed by atoms with Crippen molar-refractivity contribution in [3.8, 4) is 11.5 Å². The molecule has 4 aromatic rings. The zero-order valence-corrected chi connectivity index (χ0v) is 20.0. The van der Waals surface area contributed by atoms with Crippen LogP contribution in [0.3, 0.4) is 0 Å². The molecule has 1 amide bonds. The van der Waals surface area contributed by atoms with E-state index in [-0.39, 0.29) is 11.4 Å². The minimum absolute atomic E-state index is 0.136. The van der Waals surface area contributed by atoms with Gasteiger partial charge in [0.15, 0.2) is 0 Å². The molecule has 0 aliphatic heterocycles. The summed E-state index contributed by atoms with van der Waals surface area (Å²) in [5.41, 5.74) is 1.70. The Hall–Kier alpha value is -4.92. The highest BCUT2D eigenvalue weighted by atomic mass is 16.6. The summed E-state index contributed by atoms with van der Waals surface area (Å²) in [5, 5.41) is 14.4. The Morgan fingerprint density at radius 3 is 2.46 bits per heavy atom. The Labute approximate surface area is 212 Å². The molecule has 0 radical (unpaired) electrons. The van der Waals surface area contributed by atoms with E-state index in [2.05, 4.69) is 5.32 Å². The average Bonchev–Trinajstić information content (AvgIpc) is 2.88. The summed E-state index contributed by atoms with van der Waals surface area (Å²) in [6, 6.07) is 20.0. The fraction of sp³-hybridized carbons (Fsp3) is 0.143. The molecule has 0 bridgehead atoms. The third kappa shape index (κ3) is 6.82. The van der Waals surface area contributed by atoms with E-state index < -0.39 is 16.5 Å². The van der Waals surface area contributed by atoms with Crippen LogP contribution in [0.5, 0.6) is 11.5 Å². The number of nitro benzene ring substituents is 1. The van der Waals surface area contributed by atoms with Crippen molar-refractivity contribution in [3.05, 3.63) is 111 Å². The maximum Gasteiger partial charge on any atom is 0.336 e. The zero-order chi connectivity index (χ0) is 26.2. The summed E-state index contributed by atoms with van der Waals surface area (Å²) in [5.74, 6) is 0.811. The molecule has 0 spiro atoms. The highest BCUT2D eigenvalue weighted by Crippen LogP contribution is 2.24. The molecule has 0 saturated carbocycles. The van der Waals surface area contributed by atoms with Crippen LogP contribution in [0.1, 0.15) is 17.5 Å². The molecule has 1 heterocycles. The van der Waals surface area contributed by atoms with Gasteiger partial charge in [-0.15, -0.1) is 0 Å². The van der Waals surface area contributed by atoms with Gasteiger partial charge < -0.3 is 19.2 Å². The van der Waals surface area contributed by atoms with Gasteiger partial charge in [0.2, 0.25) is 5.91 Å². The molecule has 188 valence electrons. The van der Waals surface area contributed by atoms with E-state index in [1.807, 2.05) is 19.1 Å². The number of carbonyl (C=O) groups excluding carboxylic acids is 1.